The van der Waals surface area contributed by atoms with Gasteiger partial charge in [0.05, 0.1) is 18.8 Å². The van der Waals surface area contributed by atoms with Gasteiger partial charge in [-0.1, -0.05) is 30.3 Å². The van der Waals surface area contributed by atoms with Gasteiger partial charge in [-0.2, -0.15) is 0 Å². The van der Waals surface area contributed by atoms with E-state index in [9.17, 15) is 4.79 Å². The molecule has 2 heterocycles. The number of aromatic nitrogens is 1. The molecule has 0 bridgehead atoms. The van der Waals surface area contributed by atoms with Crippen molar-refractivity contribution in [2.45, 2.75) is 31.5 Å². The fourth-order valence-electron chi connectivity index (χ4n) is 4.25. The Kier molecular flexibility index (Phi) is 5.62. The zero-order chi connectivity index (χ0) is 20.2. The summed E-state index contributed by atoms with van der Waals surface area (Å²) in [5.74, 6) is 1.12. The van der Waals surface area contributed by atoms with Gasteiger partial charge in [-0.15, -0.1) is 0 Å². The third kappa shape index (κ3) is 4.32. The van der Waals surface area contributed by atoms with Crippen molar-refractivity contribution in [3.63, 3.8) is 0 Å². The van der Waals surface area contributed by atoms with Crippen LogP contribution >= 0.6 is 0 Å². The number of nitrogens with one attached hydrogen (secondary N) is 1. The quantitative estimate of drug-likeness (QED) is 0.697. The molecule has 3 aromatic rings. The Hall–Kier alpha value is -3.12. The molecule has 1 saturated heterocycles. The number of rotatable bonds is 5. The van der Waals surface area contributed by atoms with Gasteiger partial charge in [-0.25, -0.2) is 4.79 Å². The molecule has 2 amide bonds. The minimum Gasteiger partial charge on any atom is -0.497 e. The maximum absolute atomic E-state index is 11.7. The van der Waals surface area contributed by atoms with Crippen molar-refractivity contribution < 1.29 is 9.53 Å². The Balaban J connectivity index is 1.60. The molecule has 2 atom stereocenters. The van der Waals surface area contributed by atoms with Gasteiger partial charge in [0.15, 0.2) is 0 Å². The first-order valence-corrected chi connectivity index (χ1v) is 9.90. The lowest BCUT2D eigenvalue weighted by atomic mass is 9.85. The maximum Gasteiger partial charge on any atom is 0.313 e. The molecular weight excluding hydrogens is 364 g/mol. The SMILES string of the molecule is COc1ccc2nccc(C3CCN(Cc4ccccc4)C(NC(N)=O)C3)c2c1. The van der Waals surface area contributed by atoms with Crippen molar-refractivity contribution >= 4 is 16.9 Å². The van der Waals surface area contributed by atoms with Crippen LogP contribution in [-0.2, 0) is 6.54 Å². The van der Waals surface area contributed by atoms with Crippen LogP contribution in [0.15, 0.2) is 60.8 Å². The van der Waals surface area contributed by atoms with E-state index in [1.165, 1.54) is 11.1 Å². The number of fused-ring (bicyclic) bond motifs is 1. The summed E-state index contributed by atoms with van der Waals surface area (Å²) in [7, 11) is 1.67. The summed E-state index contributed by atoms with van der Waals surface area (Å²) in [5.41, 5.74) is 8.91. The molecule has 6 heteroatoms. The highest BCUT2D eigenvalue weighted by molar-refractivity contribution is 5.84. The van der Waals surface area contributed by atoms with Crippen molar-refractivity contribution in [1.29, 1.82) is 0 Å². The van der Waals surface area contributed by atoms with E-state index < -0.39 is 6.03 Å². The first-order chi connectivity index (χ1) is 14.1. The summed E-state index contributed by atoms with van der Waals surface area (Å²) >= 11 is 0. The Morgan fingerprint density at radius 1 is 1.24 bits per heavy atom. The molecule has 0 saturated carbocycles. The number of hydrogen-bond acceptors (Lipinski definition) is 4. The molecule has 1 aliphatic rings. The van der Waals surface area contributed by atoms with Gasteiger partial charge in [-0.05, 0) is 54.2 Å². The molecule has 0 radical (unpaired) electrons. The van der Waals surface area contributed by atoms with Crippen LogP contribution in [0, 0.1) is 0 Å². The van der Waals surface area contributed by atoms with E-state index in [-0.39, 0.29) is 6.17 Å². The molecule has 29 heavy (non-hydrogen) atoms. The Morgan fingerprint density at radius 2 is 2.07 bits per heavy atom. The number of carbonyl (C=O) groups is 1. The summed E-state index contributed by atoms with van der Waals surface area (Å²) in [4.78, 5) is 18.4. The second-order valence-corrected chi connectivity index (χ2v) is 7.49. The van der Waals surface area contributed by atoms with Crippen LogP contribution in [0.3, 0.4) is 0 Å². The number of amides is 2. The number of nitrogens with zero attached hydrogens (tertiary/aromatic N) is 2. The zero-order valence-electron chi connectivity index (χ0n) is 16.5. The Labute approximate surface area is 170 Å². The lowest BCUT2D eigenvalue weighted by Gasteiger charge is -2.40. The van der Waals surface area contributed by atoms with Crippen LogP contribution in [0.2, 0.25) is 0 Å². The van der Waals surface area contributed by atoms with Crippen LogP contribution < -0.4 is 15.8 Å². The maximum atomic E-state index is 11.7. The molecule has 2 unspecified atom stereocenters. The first-order valence-electron chi connectivity index (χ1n) is 9.90. The number of piperidine rings is 1. The van der Waals surface area contributed by atoms with E-state index in [4.69, 9.17) is 10.5 Å². The minimum atomic E-state index is -0.491. The number of pyridine rings is 1. The average Bonchev–Trinajstić information content (AvgIpc) is 2.74. The van der Waals surface area contributed by atoms with Crippen LogP contribution in [0.5, 0.6) is 5.75 Å². The molecule has 1 aliphatic heterocycles. The van der Waals surface area contributed by atoms with Crippen molar-refractivity contribution in [2.75, 3.05) is 13.7 Å². The fraction of sp³-hybridized carbons (Fsp3) is 0.304. The number of urea groups is 1. The van der Waals surface area contributed by atoms with Crippen molar-refractivity contribution in [1.82, 2.24) is 15.2 Å². The first kappa shape index (κ1) is 19.2. The van der Waals surface area contributed by atoms with E-state index in [1.54, 1.807) is 7.11 Å². The van der Waals surface area contributed by atoms with E-state index >= 15 is 0 Å². The van der Waals surface area contributed by atoms with Crippen LogP contribution in [0.25, 0.3) is 10.9 Å². The molecule has 1 aromatic heterocycles. The van der Waals surface area contributed by atoms with E-state index in [2.05, 4.69) is 33.4 Å². The highest BCUT2D eigenvalue weighted by Crippen LogP contribution is 2.36. The zero-order valence-corrected chi connectivity index (χ0v) is 16.5. The topological polar surface area (TPSA) is 80.5 Å². The van der Waals surface area contributed by atoms with Gasteiger partial charge >= 0.3 is 6.03 Å². The molecule has 3 N–H and O–H groups in total. The summed E-state index contributed by atoms with van der Waals surface area (Å²) in [5, 5.41) is 4.05. The second-order valence-electron chi connectivity index (χ2n) is 7.49. The number of nitrogens with two attached hydrogens (primary N) is 1. The third-order valence-corrected chi connectivity index (χ3v) is 5.67. The number of benzene rings is 2. The summed E-state index contributed by atoms with van der Waals surface area (Å²) in [6.07, 6.45) is 3.55. The lowest BCUT2D eigenvalue weighted by Crippen LogP contribution is -2.53. The van der Waals surface area contributed by atoms with Crippen LogP contribution in [0.4, 0.5) is 4.79 Å². The monoisotopic (exact) mass is 390 g/mol. The predicted octanol–water partition coefficient (Wildman–Crippen LogP) is 3.62. The largest absolute Gasteiger partial charge is 0.497 e. The Bertz CT molecular complexity index is 993. The Morgan fingerprint density at radius 3 is 2.83 bits per heavy atom. The highest BCUT2D eigenvalue weighted by atomic mass is 16.5. The summed E-state index contributed by atoms with van der Waals surface area (Å²) in [6.45, 7) is 1.65. The third-order valence-electron chi connectivity index (χ3n) is 5.67. The number of methoxy groups -OCH3 is 1. The molecule has 0 spiro atoms. The van der Waals surface area contributed by atoms with E-state index in [0.29, 0.717) is 5.92 Å². The van der Waals surface area contributed by atoms with Crippen molar-refractivity contribution in [2.24, 2.45) is 5.73 Å². The van der Waals surface area contributed by atoms with E-state index in [0.717, 1.165) is 42.6 Å². The number of carbonyl (C=O) groups excluding carboxylic acids is 1. The predicted molar refractivity (Wildman–Crippen MR) is 114 cm³/mol. The fourth-order valence-corrected chi connectivity index (χ4v) is 4.25. The molecular formula is C23H26N4O2. The van der Waals surface area contributed by atoms with E-state index in [1.807, 2.05) is 42.6 Å². The van der Waals surface area contributed by atoms with Gasteiger partial charge in [0.2, 0.25) is 0 Å². The normalized spacial score (nSPS) is 19.8. The smallest absolute Gasteiger partial charge is 0.313 e. The molecule has 6 nitrogen and oxygen atoms in total. The van der Waals surface area contributed by atoms with Gasteiger partial charge in [0.1, 0.15) is 5.75 Å². The molecule has 1 fully saturated rings. The standard InChI is InChI=1S/C23H26N4O2/c1-29-18-7-8-21-20(14-18)19(9-11-25-21)17-10-12-27(22(13-17)26-23(24)28)15-16-5-3-2-4-6-16/h2-9,11,14,17,22H,10,12-13,15H2,1H3,(H3,24,26,28). The average molecular weight is 390 g/mol. The molecule has 0 aliphatic carbocycles. The minimum absolute atomic E-state index is 0.111. The number of likely N-dealkylation sites (tertiary alicyclic amines) is 1. The van der Waals surface area contributed by atoms with Crippen molar-refractivity contribution in [3.05, 3.63) is 71.9 Å². The molecule has 4 rings (SSSR count). The number of primary amides is 1. The lowest BCUT2D eigenvalue weighted by molar-refractivity contribution is 0.107. The second kappa shape index (κ2) is 8.49. The van der Waals surface area contributed by atoms with Gasteiger partial charge in [-0.3, -0.25) is 9.88 Å². The van der Waals surface area contributed by atoms with Gasteiger partial charge in [0.25, 0.3) is 0 Å². The summed E-state index contributed by atoms with van der Waals surface area (Å²) in [6, 6.07) is 17.9. The number of hydrogen-bond donors (Lipinski definition) is 2. The number of ether oxygens (including phenoxy) is 1. The van der Waals surface area contributed by atoms with Crippen LogP contribution in [0.1, 0.15) is 29.9 Å². The van der Waals surface area contributed by atoms with Crippen LogP contribution in [-0.4, -0.2) is 35.7 Å². The molecule has 150 valence electrons. The van der Waals surface area contributed by atoms with Crippen molar-refractivity contribution in [3.8, 4) is 5.75 Å². The summed E-state index contributed by atoms with van der Waals surface area (Å²) < 4.78 is 5.41. The highest BCUT2D eigenvalue weighted by Gasteiger charge is 2.31. The van der Waals surface area contributed by atoms with Gasteiger partial charge in [0, 0.05) is 24.7 Å². The molecule has 2 aromatic carbocycles. The van der Waals surface area contributed by atoms with Gasteiger partial charge < -0.3 is 15.8 Å².